The van der Waals surface area contributed by atoms with Gasteiger partial charge < -0.3 is 15.0 Å². The summed E-state index contributed by atoms with van der Waals surface area (Å²) in [5, 5.41) is 2.95. The van der Waals surface area contributed by atoms with Crippen molar-refractivity contribution < 1.29 is 14.3 Å². The van der Waals surface area contributed by atoms with E-state index in [1.165, 1.54) is 0 Å². The summed E-state index contributed by atoms with van der Waals surface area (Å²) >= 11 is 0. The van der Waals surface area contributed by atoms with Crippen LogP contribution in [0.5, 0.6) is 5.75 Å². The van der Waals surface area contributed by atoms with E-state index in [9.17, 15) is 9.59 Å². The molecule has 2 aromatic rings. The number of nitrogens with zero attached hydrogens (tertiary/aromatic N) is 1. The number of hydrogen-bond acceptors (Lipinski definition) is 3. The van der Waals surface area contributed by atoms with E-state index in [1.807, 2.05) is 54.6 Å². The minimum atomic E-state index is -0.288. The molecule has 1 unspecified atom stereocenters. The summed E-state index contributed by atoms with van der Waals surface area (Å²) in [4.78, 5) is 26.2. The maximum atomic E-state index is 12.3. The lowest BCUT2D eigenvalue weighted by Gasteiger charge is -2.16. The molecule has 0 aromatic heterocycles. The highest BCUT2D eigenvalue weighted by molar-refractivity contribution is 6.00. The number of anilines is 1. The van der Waals surface area contributed by atoms with Gasteiger partial charge in [-0.25, -0.2) is 0 Å². The average molecular weight is 338 g/mol. The number of hydrogen-bond donors (Lipinski definition) is 1. The van der Waals surface area contributed by atoms with Crippen LogP contribution in [0.2, 0.25) is 0 Å². The third-order valence-corrected chi connectivity index (χ3v) is 4.44. The Hall–Kier alpha value is -2.82. The van der Waals surface area contributed by atoms with Crippen molar-refractivity contribution >= 4 is 17.5 Å². The summed E-state index contributed by atoms with van der Waals surface area (Å²) < 4.78 is 5.13. The van der Waals surface area contributed by atoms with Gasteiger partial charge in [-0.15, -0.1) is 0 Å². The molecule has 2 amide bonds. The molecule has 1 aliphatic heterocycles. The summed E-state index contributed by atoms with van der Waals surface area (Å²) in [7, 11) is 1.64. The zero-order chi connectivity index (χ0) is 17.6. The second-order valence-electron chi connectivity index (χ2n) is 6.13. The van der Waals surface area contributed by atoms with Gasteiger partial charge in [0.15, 0.2) is 0 Å². The minimum Gasteiger partial charge on any atom is -0.497 e. The topological polar surface area (TPSA) is 58.6 Å². The van der Waals surface area contributed by atoms with Crippen LogP contribution in [0.1, 0.15) is 12.0 Å². The predicted octanol–water partition coefficient (Wildman–Crippen LogP) is 2.41. The number of amides is 2. The summed E-state index contributed by atoms with van der Waals surface area (Å²) in [6.45, 7) is 0.998. The van der Waals surface area contributed by atoms with Crippen LogP contribution >= 0.6 is 0 Å². The lowest BCUT2D eigenvalue weighted by molar-refractivity contribution is -0.126. The molecule has 130 valence electrons. The molecule has 0 spiro atoms. The van der Waals surface area contributed by atoms with Gasteiger partial charge in [-0.3, -0.25) is 9.59 Å². The van der Waals surface area contributed by atoms with Crippen molar-refractivity contribution in [3.05, 3.63) is 60.2 Å². The van der Waals surface area contributed by atoms with E-state index in [1.54, 1.807) is 12.0 Å². The number of methoxy groups -OCH3 is 1. The van der Waals surface area contributed by atoms with Crippen LogP contribution in [0.25, 0.3) is 0 Å². The van der Waals surface area contributed by atoms with E-state index in [2.05, 4.69) is 5.32 Å². The van der Waals surface area contributed by atoms with Gasteiger partial charge in [0.2, 0.25) is 11.8 Å². The third kappa shape index (κ3) is 4.18. The summed E-state index contributed by atoms with van der Waals surface area (Å²) in [6.07, 6.45) is 1.02. The molecule has 1 heterocycles. The monoisotopic (exact) mass is 338 g/mol. The van der Waals surface area contributed by atoms with Gasteiger partial charge in [0.25, 0.3) is 0 Å². The normalized spacial score (nSPS) is 16.8. The first kappa shape index (κ1) is 17.0. The fourth-order valence-corrected chi connectivity index (χ4v) is 3.01. The molecule has 1 fully saturated rings. The van der Waals surface area contributed by atoms with E-state index in [4.69, 9.17) is 4.74 Å². The number of para-hydroxylation sites is 1. The van der Waals surface area contributed by atoms with E-state index in [0.717, 1.165) is 23.4 Å². The zero-order valence-electron chi connectivity index (χ0n) is 14.3. The Morgan fingerprint density at radius 1 is 1.16 bits per heavy atom. The van der Waals surface area contributed by atoms with Crippen LogP contribution in [0.4, 0.5) is 5.69 Å². The van der Waals surface area contributed by atoms with Crippen LogP contribution in [0.3, 0.4) is 0 Å². The fourth-order valence-electron chi connectivity index (χ4n) is 3.01. The van der Waals surface area contributed by atoms with Crippen molar-refractivity contribution in [3.63, 3.8) is 0 Å². The van der Waals surface area contributed by atoms with Gasteiger partial charge in [0, 0.05) is 25.2 Å². The Kier molecular flexibility index (Phi) is 5.33. The van der Waals surface area contributed by atoms with Crippen molar-refractivity contribution in [1.82, 2.24) is 5.32 Å². The largest absolute Gasteiger partial charge is 0.497 e. The van der Waals surface area contributed by atoms with E-state index in [0.29, 0.717) is 13.1 Å². The van der Waals surface area contributed by atoms with Crippen molar-refractivity contribution in [2.75, 3.05) is 25.1 Å². The van der Waals surface area contributed by atoms with Crippen LogP contribution in [-0.2, 0) is 16.0 Å². The lowest BCUT2D eigenvalue weighted by Crippen LogP contribution is -2.34. The van der Waals surface area contributed by atoms with Crippen molar-refractivity contribution in [2.45, 2.75) is 12.8 Å². The molecule has 0 aliphatic carbocycles. The van der Waals surface area contributed by atoms with E-state index in [-0.39, 0.29) is 24.2 Å². The van der Waals surface area contributed by atoms with Crippen molar-refractivity contribution in [2.24, 2.45) is 5.92 Å². The number of carbonyl (C=O) groups excluding carboxylic acids is 2. The Bertz CT molecular complexity index is 728. The van der Waals surface area contributed by atoms with Crippen LogP contribution < -0.4 is 15.0 Å². The molecule has 3 rings (SSSR count). The molecule has 1 atom stereocenters. The first-order valence-electron chi connectivity index (χ1n) is 8.43. The molecule has 1 saturated heterocycles. The van der Waals surface area contributed by atoms with Gasteiger partial charge in [0.05, 0.1) is 13.0 Å². The smallest absolute Gasteiger partial charge is 0.227 e. The third-order valence-electron chi connectivity index (χ3n) is 4.44. The molecule has 5 nitrogen and oxygen atoms in total. The molecule has 5 heteroatoms. The van der Waals surface area contributed by atoms with Crippen LogP contribution in [0, 0.1) is 5.92 Å². The molecule has 0 bridgehead atoms. The number of carbonyl (C=O) groups is 2. The number of benzene rings is 2. The second kappa shape index (κ2) is 7.83. The number of ether oxygens (including phenoxy) is 1. The molecule has 1 N–H and O–H groups in total. The van der Waals surface area contributed by atoms with Gasteiger partial charge >= 0.3 is 0 Å². The highest BCUT2D eigenvalue weighted by Crippen LogP contribution is 2.24. The van der Waals surface area contributed by atoms with Crippen LogP contribution in [-0.4, -0.2) is 32.0 Å². The predicted molar refractivity (Wildman–Crippen MR) is 96.6 cm³/mol. The van der Waals surface area contributed by atoms with Gasteiger partial charge in [-0.1, -0.05) is 30.3 Å². The van der Waals surface area contributed by atoms with E-state index >= 15 is 0 Å². The maximum absolute atomic E-state index is 12.3. The fraction of sp³-hybridized carbons (Fsp3) is 0.300. The standard InChI is InChI=1S/C20H22N2O3/c1-25-18-9-7-15(8-10-18)11-12-21-20(24)16-13-19(23)22(14-16)17-5-3-2-4-6-17/h2-10,16H,11-14H2,1H3,(H,21,24). The highest BCUT2D eigenvalue weighted by atomic mass is 16.5. The molecule has 2 aromatic carbocycles. The van der Waals surface area contributed by atoms with Gasteiger partial charge in [-0.2, -0.15) is 0 Å². The summed E-state index contributed by atoms with van der Waals surface area (Å²) in [5.41, 5.74) is 1.98. The van der Waals surface area contributed by atoms with Crippen molar-refractivity contribution in [3.8, 4) is 5.75 Å². The van der Waals surface area contributed by atoms with Crippen LogP contribution in [0.15, 0.2) is 54.6 Å². The first-order chi connectivity index (χ1) is 12.2. The Labute approximate surface area is 147 Å². The molecular weight excluding hydrogens is 316 g/mol. The minimum absolute atomic E-state index is 0.00139. The molecular formula is C20H22N2O3. The maximum Gasteiger partial charge on any atom is 0.227 e. The first-order valence-corrected chi connectivity index (χ1v) is 8.43. The zero-order valence-corrected chi connectivity index (χ0v) is 14.3. The van der Waals surface area contributed by atoms with E-state index < -0.39 is 0 Å². The molecule has 25 heavy (non-hydrogen) atoms. The Balaban J connectivity index is 1.49. The highest BCUT2D eigenvalue weighted by Gasteiger charge is 2.34. The summed E-state index contributed by atoms with van der Waals surface area (Å²) in [5.74, 6) is 0.476. The Morgan fingerprint density at radius 2 is 1.88 bits per heavy atom. The lowest BCUT2D eigenvalue weighted by atomic mass is 10.1. The number of nitrogens with one attached hydrogen (secondary N) is 1. The Morgan fingerprint density at radius 3 is 2.56 bits per heavy atom. The summed E-state index contributed by atoms with van der Waals surface area (Å²) in [6, 6.07) is 17.3. The number of rotatable bonds is 6. The average Bonchev–Trinajstić information content (AvgIpc) is 3.05. The van der Waals surface area contributed by atoms with Crippen molar-refractivity contribution in [1.29, 1.82) is 0 Å². The molecule has 1 aliphatic rings. The molecule has 0 saturated carbocycles. The molecule has 0 radical (unpaired) electrons. The van der Waals surface area contributed by atoms with Gasteiger partial charge in [-0.05, 0) is 36.2 Å². The SMILES string of the molecule is COc1ccc(CCNC(=O)C2CC(=O)N(c3ccccc3)C2)cc1. The van der Waals surface area contributed by atoms with Gasteiger partial charge in [0.1, 0.15) is 5.75 Å². The second-order valence-corrected chi connectivity index (χ2v) is 6.13. The quantitative estimate of drug-likeness (QED) is 0.880.